The van der Waals surface area contributed by atoms with E-state index in [-0.39, 0.29) is 5.57 Å². The van der Waals surface area contributed by atoms with Crippen LogP contribution in [0.5, 0.6) is 0 Å². The monoisotopic (exact) mass is 275 g/mol. The molecule has 0 fully saturated rings. The van der Waals surface area contributed by atoms with Crippen molar-refractivity contribution in [2.24, 2.45) is 0 Å². The van der Waals surface area contributed by atoms with Crippen LogP contribution in [-0.2, 0) is 4.79 Å². The molecule has 0 bridgehead atoms. The summed E-state index contributed by atoms with van der Waals surface area (Å²) >= 11 is 0. The van der Waals surface area contributed by atoms with E-state index in [1.54, 1.807) is 30.6 Å². The van der Waals surface area contributed by atoms with Gasteiger partial charge in [-0.25, -0.2) is 4.79 Å². The lowest BCUT2D eigenvalue weighted by Gasteiger charge is -2.05. The minimum absolute atomic E-state index is 0.236. The second kappa shape index (κ2) is 5.59. The summed E-state index contributed by atoms with van der Waals surface area (Å²) in [6.45, 7) is 0. The molecule has 0 aliphatic rings. The van der Waals surface area contributed by atoms with E-state index in [1.165, 1.54) is 0 Å². The number of carboxylic acid groups (broad SMARTS) is 1. The fourth-order valence-electron chi connectivity index (χ4n) is 2.32. The highest BCUT2D eigenvalue weighted by atomic mass is 16.4. The minimum atomic E-state index is -0.962. The molecule has 0 radical (unpaired) electrons. The summed E-state index contributed by atoms with van der Waals surface area (Å²) in [4.78, 5) is 15.5. The first kappa shape index (κ1) is 13.1. The van der Waals surface area contributed by atoms with Gasteiger partial charge in [-0.3, -0.25) is 4.98 Å². The Bertz CT molecular complexity index is 818. The molecule has 0 saturated heterocycles. The molecule has 3 rings (SSSR count). The largest absolute Gasteiger partial charge is 0.478 e. The van der Waals surface area contributed by atoms with Gasteiger partial charge in [-0.15, -0.1) is 0 Å². The van der Waals surface area contributed by atoms with Crippen molar-refractivity contribution in [2.45, 2.75) is 0 Å². The van der Waals surface area contributed by atoms with Crippen LogP contribution in [-0.4, -0.2) is 16.1 Å². The van der Waals surface area contributed by atoms with Gasteiger partial charge in [-0.2, -0.15) is 0 Å². The molecular weight excluding hydrogens is 262 g/mol. The summed E-state index contributed by atoms with van der Waals surface area (Å²) in [6.07, 6.45) is 4.88. The molecule has 3 heteroatoms. The third kappa shape index (κ3) is 2.67. The Labute approximate surface area is 122 Å². The number of carbonyl (C=O) groups is 1. The van der Waals surface area contributed by atoms with Gasteiger partial charge in [0.2, 0.25) is 0 Å². The van der Waals surface area contributed by atoms with E-state index in [4.69, 9.17) is 0 Å². The molecule has 0 unspecified atom stereocenters. The first-order valence-electron chi connectivity index (χ1n) is 6.59. The van der Waals surface area contributed by atoms with Gasteiger partial charge in [-0.05, 0) is 28.5 Å². The SMILES string of the molecule is O=C(O)C(=Cc1cccc2ccccc12)c1cccnc1. The van der Waals surface area contributed by atoms with Gasteiger partial charge >= 0.3 is 5.97 Å². The highest BCUT2D eigenvalue weighted by molar-refractivity contribution is 6.21. The number of rotatable bonds is 3. The van der Waals surface area contributed by atoms with Crippen molar-refractivity contribution in [3.05, 3.63) is 78.1 Å². The molecule has 0 spiro atoms. The van der Waals surface area contributed by atoms with Crippen LogP contribution in [0.1, 0.15) is 11.1 Å². The van der Waals surface area contributed by atoms with Crippen LogP contribution in [0.4, 0.5) is 0 Å². The zero-order chi connectivity index (χ0) is 14.7. The maximum absolute atomic E-state index is 11.5. The number of nitrogens with zero attached hydrogens (tertiary/aromatic N) is 1. The molecule has 21 heavy (non-hydrogen) atoms. The summed E-state index contributed by atoms with van der Waals surface area (Å²) < 4.78 is 0. The predicted octanol–water partition coefficient (Wildman–Crippen LogP) is 3.86. The number of pyridine rings is 1. The van der Waals surface area contributed by atoms with E-state index >= 15 is 0 Å². The lowest BCUT2D eigenvalue weighted by molar-refractivity contribution is -0.130. The third-order valence-corrected chi connectivity index (χ3v) is 3.33. The Morgan fingerprint density at radius 2 is 1.81 bits per heavy atom. The second-order valence-corrected chi connectivity index (χ2v) is 4.67. The summed E-state index contributed by atoms with van der Waals surface area (Å²) in [7, 11) is 0. The zero-order valence-corrected chi connectivity index (χ0v) is 11.2. The molecule has 3 nitrogen and oxygen atoms in total. The van der Waals surface area contributed by atoms with Crippen molar-refractivity contribution in [2.75, 3.05) is 0 Å². The fraction of sp³-hybridized carbons (Fsp3) is 0. The quantitative estimate of drug-likeness (QED) is 0.738. The van der Waals surface area contributed by atoms with Crippen LogP contribution in [0.15, 0.2) is 67.0 Å². The van der Waals surface area contributed by atoms with E-state index in [9.17, 15) is 9.90 Å². The molecule has 0 aliphatic heterocycles. The molecular formula is C18H13NO2. The van der Waals surface area contributed by atoms with Gasteiger partial charge in [0.05, 0.1) is 5.57 Å². The number of aliphatic carboxylic acids is 1. The van der Waals surface area contributed by atoms with Crippen molar-refractivity contribution < 1.29 is 9.90 Å². The molecule has 0 saturated carbocycles. The molecule has 102 valence electrons. The molecule has 1 aromatic heterocycles. The van der Waals surface area contributed by atoms with Crippen LogP contribution in [0, 0.1) is 0 Å². The van der Waals surface area contributed by atoms with E-state index in [2.05, 4.69) is 4.98 Å². The van der Waals surface area contributed by atoms with Crippen molar-refractivity contribution in [3.8, 4) is 0 Å². The smallest absolute Gasteiger partial charge is 0.336 e. The van der Waals surface area contributed by atoms with Crippen molar-refractivity contribution >= 4 is 28.4 Å². The topological polar surface area (TPSA) is 50.2 Å². The fourth-order valence-corrected chi connectivity index (χ4v) is 2.32. The number of aromatic nitrogens is 1. The number of fused-ring (bicyclic) bond motifs is 1. The summed E-state index contributed by atoms with van der Waals surface area (Å²) in [6, 6.07) is 17.3. The maximum Gasteiger partial charge on any atom is 0.336 e. The Kier molecular flexibility index (Phi) is 3.48. The number of carboxylic acids is 1. The lowest BCUT2D eigenvalue weighted by Crippen LogP contribution is -2.00. The van der Waals surface area contributed by atoms with Gasteiger partial charge < -0.3 is 5.11 Å². The first-order chi connectivity index (χ1) is 10.3. The van der Waals surface area contributed by atoms with E-state index in [1.807, 2.05) is 42.5 Å². The highest BCUT2D eigenvalue weighted by Gasteiger charge is 2.11. The Hall–Kier alpha value is -2.94. The van der Waals surface area contributed by atoms with Gasteiger partial charge in [0.15, 0.2) is 0 Å². The Morgan fingerprint density at radius 1 is 1.00 bits per heavy atom. The van der Waals surface area contributed by atoms with E-state index in [0.717, 1.165) is 16.3 Å². The average molecular weight is 275 g/mol. The molecule has 3 aromatic rings. The zero-order valence-electron chi connectivity index (χ0n) is 11.2. The molecule has 0 atom stereocenters. The van der Waals surface area contributed by atoms with Crippen LogP contribution >= 0.6 is 0 Å². The lowest BCUT2D eigenvalue weighted by atomic mass is 10.00. The van der Waals surface area contributed by atoms with Gasteiger partial charge in [0.25, 0.3) is 0 Å². The van der Waals surface area contributed by atoms with Crippen molar-refractivity contribution in [3.63, 3.8) is 0 Å². The second-order valence-electron chi connectivity index (χ2n) is 4.67. The summed E-state index contributed by atoms with van der Waals surface area (Å²) in [5, 5.41) is 11.6. The standard InChI is InChI=1S/C18H13NO2/c20-18(21)17(15-8-4-10-19-12-15)11-14-7-3-6-13-5-1-2-9-16(13)14/h1-12H,(H,20,21). The minimum Gasteiger partial charge on any atom is -0.478 e. The number of benzene rings is 2. The molecule has 2 aromatic carbocycles. The number of hydrogen-bond donors (Lipinski definition) is 1. The third-order valence-electron chi connectivity index (χ3n) is 3.33. The van der Waals surface area contributed by atoms with E-state index in [0.29, 0.717) is 5.56 Å². The van der Waals surface area contributed by atoms with Gasteiger partial charge in [-0.1, -0.05) is 48.5 Å². The average Bonchev–Trinajstić information content (AvgIpc) is 2.53. The molecule has 1 N–H and O–H groups in total. The van der Waals surface area contributed by atoms with Crippen LogP contribution in [0.3, 0.4) is 0 Å². The maximum atomic E-state index is 11.5. The van der Waals surface area contributed by atoms with Crippen LogP contribution < -0.4 is 0 Å². The predicted molar refractivity (Wildman–Crippen MR) is 83.7 cm³/mol. The van der Waals surface area contributed by atoms with Crippen molar-refractivity contribution in [1.82, 2.24) is 4.98 Å². The normalized spacial score (nSPS) is 11.5. The number of hydrogen-bond acceptors (Lipinski definition) is 2. The van der Waals surface area contributed by atoms with Gasteiger partial charge in [0.1, 0.15) is 0 Å². The Morgan fingerprint density at radius 3 is 2.57 bits per heavy atom. The van der Waals surface area contributed by atoms with Crippen LogP contribution in [0.2, 0.25) is 0 Å². The molecule has 0 aliphatic carbocycles. The van der Waals surface area contributed by atoms with Crippen LogP contribution in [0.25, 0.3) is 22.4 Å². The molecule has 0 amide bonds. The summed E-state index contributed by atoms with van der Waals surface area (Å²) in [5.74, 6) is -0.962. The van der Waals surface area contributed by atoms with E-state index < -0.39 is 5.97 Å². The highest BCUT2D eigenvalue weighted by Crippen LogP contribution is 2.24. The molecule has 1 heterocycles. The van der Waals surface area contributed by atoms with Gasteiger partial charge in [0, 0.05) is 18.0 Å². The first-order valence-corrected chi connectivity index (χ1v) is 6.59. The summed E-state index contributed by atoms with van der Waals surface area (Å²) in [5.41, 5.74) is 1.71. The Balaban J connectivity index is 2.19. The van der Waals surface area contributed by atoms with Crippen molar-refractivity contribution in [1.29, 1.82) is 0 Å².